The fourth-order valence-electron chi connectivity index (χ4n) is 2.09. The second-order valence-corrected chi connectivity index (χ2v) is 4.39. The van der Waals surface area contributed by atoms with Crippen LogP contribution in [-0.2, 0) is 6.18 Å². The maximum atomic E-state index is 12.6. The van der Waals surface area contributed by atoms with Gasteiger partial charge in [0.05, 0.1) is 11.7 Å². The largest absolute Gasteiger partial charge is 0.416 e. The fraction of sp³-hybridized carbons (Fsp3) is 0.500. The molecule has 0 amide bonds. The summed E-state index contributed by atoms with van der Waals surface area (Å²) in [6.07, 6.45) is -4.15. The second-order valence-electron chi connectivity index (χ2n) is 4.39. The topological polar surface area (TPSA) is 23.5 Å². The van der Waals surface area contributed by atoms with Gasteiger partial charge in [-0.25, -0.2) is 0 Å². The molecule has 0 spiro atoms. The van der Waals surface area contributed by atoms with Crippen LogP contribution in [0.3, 0.4) is 0 Å². The van der Waals surface area contributed by atoms with Crippen LogP contribution in [0.15, 0.2) is 18.2 Å². The van der Waals surface area contributed by atoms with Crippen molar-refractivity contribution in [2.24, 2.45) is 0 Å². The number of anilines is 1. The molecule has 0 bridgehead atoms. The molecule has 0 saturated carbocycles. The Morgan fingerprint density at radius 2 is 2.06 bits per heavy atom. The summed E-state index contributed by atoms with van der Waals surface area (Å²) in [6.45, 7) is 2.78. The number of aliphatic hydroxyl groups is 1. The van der Waals surface area contributed by atoms with E-state index in [2.05, 4.69) is 0 Å². The lowest BCUT2D eigenvalue weighted by atomic mass is 10.1. The van der Waals surface area contributed by atoms with Gasteiger partial charge in [-0.15, -0.1) is 0 Å². The Hall–Kier alpha value is -1.23. The van der Waals surface area contributed by atoms with Gasteiger partial charge in [-0.05, 0) is 31.0 Å². The number of halogens is 3. The summed E-state index contributed by atoms with van der Waals surface area (Å²) in [5, 5.41) is 9.42. The predicted molar refractivity (Wildman–Crippen MR) is 59.0 cm³/mol. The monoisotopic (exact) mass is 245 g/mol. The molecule has 0 aromatic heterocycles. The fourth-order valence-corrected chi connectivity index (χ4v) is 2.09. The highest BCUT2D eigenvalue weighted by atomic mass is 19.4. The number of aliphatic hydroxyl groups excluding tert-OH is 1. The molecule has 1 aromatic rings. The molecular formula is C12H14F3NO. The van der Waals surface area contributed by atoms with Gasteiger partial charge in [0, 0.05) is 18.8 Å². The van der Waals surface area contributed by atoms with Gasteiger partial charge in [-0.2, -0.15) is 13.2 Å². The van der Waals surface area contributed by atoms with Crippen molar-refractivity contribution in [3.63, 3.8) is 0 Å². The zero-order chi connectivity index (χ0) is 12.6. The third-order valence-electron chi connectivity index (χ3n) is 3.04. The SMILES string of the molecule is Cc1ccc(C(F)(F)F)cc1N1CCC(O)C1. The molecule has 0 aliphatic carbocycles. The highest BCUT2D eigenvalue weighted by Crippen LogP contribution is 2.34. The number of rotatable bonds is 1. The minimum atomic E-state index is -4.32. The van der Waals surface area contributed by atoms with Gasteiger partial charge in [-0.1, -0.05) is 6.07 Å². The van der Waals surface area contributed by atoms with Gasteiger partial charge >= 0.3 is 6.18 Å². The summed E-state index contributed by atoms with van der Waals surface area (Å²) in [5.41, 5.74) is 0.725. The molecule has 1 atom stereocenters. The Bertz CT molecular complexity index is 417. The lowest BCUT2D eigenvalue weighted by Crippen LogP contribution is -2.22. The standard InChI is InChI=1S/C12H14F3NO/c1-8-2-3-9(12(13,14)15)6-11(8)16-5-4-10(17)7-16/h2-3,6,10,17H,4-5,7H2,1H3. The van der Waals surface area contributed by atoms with Crippen molar-refractivity contribution >= 4 is 5.69 Å². The first-order chi connectivity index (χ1) is 7.88. The first-order valence-corrected chi connectivity index (χ1v) is 5.49. The number of hydrogen-bond donors (Lipinski definition) is 1. The Kier molecular flexibility index (Phi) is 3.03. The number of nitrogens with zero attached hydrogens (tertiary/aromatic N) is 1. The van der Waals surface area contributed by atoms with E-state index in [1.807, 2.05) is 0 Å². The van der Waals surface area contributed by atoms with E-state index in [0.29, 0.717) is 25.2 Å². The summed E-state index contributed by atoms with van der Waals surface area (Å²) in [5.74, 6) is 0. The Morgan fingerprint density at radius 3 is 2.59 bits per heavy atom. The molecule has 17 heavy (non-hydrogen) atoms. The molecule has 2 rings (SSSR count). The van der Waals surface area contributed by atoms with Crippen LogP contribution in [0.2, 0.25) is 0 Å². The maximum Gasteiger partial charge on any atom is 0.416 e. The van der Waals surface area contributed by atoms with Crippen LogP contribution < -0.4 is 4.90 Å². The van der Waals surface area contributed by atoms with E-state index in [-0.39, 0.29) is 0 Å². The average molecular weight is 245 g/mol. The van der Waals surface area contributed by atoms with Crippen LogP contribution in [0, 0.1) is 6.92 Å². The van der Waals surface area contributed by atoms with Crippen LogP contribution in [-0.4, -0.2) is 24.3 Å². The third kappa shape index (κ3) is 2.54. The predicted octanol–water partition coefficient (Wildman–Crippen LogP) is 2.58. The van der Waals surface area contributed by atoms with Gasteiger partial charge in [0.1, 0.15) is 0 Å². The van der Waals surface area contributed by atoms with E-state index in [1.165, 1.54) is 6.07 Å². The Morgan fingerprint density at radius 1 is 1.35 bits per heavy atom. The number of β-amino-alcohol motifs (C(OH)–C–C–N with tert-alkyl or cyclic N) is 1. The van der Waals surface area contributed by atoms with E-state index >= 15 is 0 Å². The normalized spacial score (nSPS) is 21.0. The molecule has 1 aliphatic heterocycles. The quantitative estimate of drug-likeness (QED) is 0.822. The van der Waals surface area contributed by atoms with Crippen molar-refractivity contribution in [2.45, 2.75) is 25.6 Å². The van der Waals surface area contributed by atoms with Crippen molar-refractivity contribution in [3.8, 4) is 0 Å². The zero-order valence-corrected chi connectivity index (χ0v) is 9.46. The number of aryl methyl sites for hydroxylation is 1. The van der Waals surface area contributed by atoms with Gasteiger partial charge in [0.25, 0.3) is 0 Å². The molecule has 1 aromatic carbocycles. The lowest BCUT2D eigenvalue weighted by Gasteiger charge is -2.21. The molecule has 2 nitrogen and oxygen atoms in total. The number of hydrogen-bond acceptors (Lipinski definition) is 2. The van der Waals surface area contributed by atoms with Crippen molar-refractivity contribution in [1.29, 1.82) is 0 Å². The molecule has 1 saturated heterocycles. The van der Waals surface area contributed by atoms with Gasteiger partial charge in [0.15, 0.2) is 0 Å². The molecule has 94 valence electrons. The molecule has 1 aliphatic rings. The van der Waals surface area contributed by atoms with Crippen molar-refractivity contribution in [2.75, 3.05) is 18.0 Å². The lowest BCUT2D eigenvalue weighted by molar-refractivity contribution is -0.137. The highest BCUT2D eigenvalue weighted by Gasteiger charge is 2.32. The summed E-state index contributed by atoms with van der Waals surface area (Å²) in [7, 11) is 0. The van der Waals surface area contributed by atoms with E-state index in [1.54, 1.807) is 11.8 Å². The molecule has 1 unspecified atom stereocenters. The van der Waals surface area contributed by atoms with Crippen LogP contribution in [0.1, 0.15) is 17.5 Å². The van der Waals surface area contributed by atoms with E-state index < -0.39 is 17.8 Å². The minimum absolute atomic E-state index is 0.405. The summed E-state index contributed by atoms with van der Waals surface area (Å²) >= 11 is 0. The molecule has 1 fully saturated rings. The van der Waals surface area contributed by atoms with E-state index in [9.17, 15) is 18.3 Å². The van der Waals surface area contributed by atoms with Gasteiger partial charge < -0.3 is 10.0 Å². The van der Waals surface area contributed by atoms with Crippen LogP contribution in [0.4, 0.5) is 18.9 Å². The Balaban J connectivity index is 2.33. The first kappa shape index (κ1) is 12.2. The average Bonchev–Trinajstić information content (AvgIpc) is 2.63. The summed E-state index contributed by atoms with van der Waals surface area (Å²) < 4.78 is 37.8. The van der Waals surface area contributed by atoms with Crippen LogP contribution >= 0.6 is 0 Å². The third-order valence-corrected chi connectivity index (χ3v) is 3.04. The highest BCUT2D eigenvalue weighted by molar-refractivity contribution is 5.56. The minimum Gasteiger partial charge on any atom is -0.391 e. The molecule has 0 radical (unpaired) electrons. The van der Waals surface area contributed by atoms with Gasteiger partial charge in [0.2, 0.25) is 0 Å². The number of benzene rings is 1. The van der Waals surface area contributed by atoms with Crippen LogP contribution in [0.5, 0.6) is 0 Å². The van der Waals surface area contributed by atoms with E-state index in [0.717, 1.165) is 17.7 Å². The molecule has 5 heteroatoms. The van der Waals surface area contributed by atoms with Crippen molar-refractivity contribution in [1.82, 2.24) is 0 Å². The molecular weight excluding hydrogens is 231 g/mol. The summed E-state index contributed by atoms with van der Waals surface area (Å²) in [6, 6.07) is 3.72. The smallest absolute Gasteiger partial charge is 0.391 e. The van der Waals surface area contributed by atoms with Crippen molar-refractivity contribution in [3.05, 3.63) is 29.3 Å². The number of alkyl halides is 3. The van der Waals surface area contributed by atoms with Gasteiger partial charge in [-0.3, -0.25) is 0 Å². The molecule has 1 heterocycles. The second kappa shape index (κ2) is 4.22. The van der Waals surface area contributed by atoms with E-state index in [4.69, 9.17) is 0 Å². The summed E-state index contributed by atoms with van der Waals surface area (Å²) in [4.78, 5) is 1.80. The maximum absolute atomic E-state index is 12.6. The Labute approximate surface area is 97.7 Å². The van der Waals surface area contributed by atoms with Crippen molar-refractivity contribution < 1.29 is 18.3 Å². The molecule has 1 N–H and O–H groups in total. The zero-order valence-electron chi connectivity index (χ0n) is 9.46. The van der Waals surface area contributed by atoms with Crippen LogP contribution in [0.25, 0.3) is 0 Å². The first-order valence-electron chi connectivity index (χ1n) is 5.49.